The number of nitrogens with one attached hydrogen (secondary N) is 1. The third kappa shape index (κ3) is 3.67. The van der Waals surface area contributed by atoms with Crippen LogP contribution in [0.5, 0.6) is 0 Å². The fourth-order valence-corrected chi connectivity index (χ4v) is 3.34. The van der Waals surface area contributed by atoms with Gasteiger partial charge in [0, 0.05) is 37.5 Å². The predicted octanol–water partition coefficient (Wildman–Crippen LogP) is 1.15. The Morgan fingerprint density at radius 3 is 2.76 bits per heavy atom. The lowest BCUT2D eigenvalue weighted by Gasteiger charge is -2.29. The Bertz CT molecular complexity index is 953. The number of hydrogen-bond donors (Lipinski definition) is 1. The first-order chi connectivity index (χ1) is 11.8. The van der Waals surface area contributed by atoms with E-state index < -0.39 is 10.1 Å². The lowest BCUT2D eigenvalue weighted by atomic mass is 10.0. The number of benzene rings is 1. The minimum atomic E-state index is -3.72. The van der Waals surface area contributed by atoms with E-state index in [1.165, 1.54) is 5.06 Å². The molecule has 1 N–H and O–H groups in total. The lowest BCUT2D eigenvalue weighted by Crippen LogP contribution is -2.35. The summed E-state index contributed by atoms with van der Waals surface area (Å²) in [7, 11) is 0.127. The summed E-state index contributed by atoms with van der Waals surface area (Å²) in [5, 5.41) is 7.94. The van der Waals surface area contributed by atoms with Crippen LogP contribution in [0.4, 0.5) is 11.4 Å². The highest BCUT2D eigenvalue weighted by Crippen LogP contribution is 2.35. The molecule has 0 radical (unpaired) electrons. The summed E-state index contributed by atoms with van der Waals surface area (Å²) in [6.07, 6.45) is 2.14. The molecule has 1 aliphatic heterocycles. The number of aromatic nitrogens is 2. The molecule has 0 aliphatic carbocycles. The van der Waals surface area contributed by atoms with Crippen molar-refractivity contribution in [2.24, 2.45) is 0 Å². The quantitative estimate of drug-likeness (QED) is 0.869. The molecule has 1 aliphatic rings. The van der Waals surface area contributed by atoms with E-state index in [1.807, 2.05) is 43.3 Å². The minimum Gasteiger partial charge on any atom is -0.378 e. The van der Waals surface area contributed by atoms with Crippen molar-refractivity contribution in [3.8, 4) is 11.3 Å². The van der Waals surface area contributed by atoms with Gasteiger partial charge in [-0.1, -0.05) is 12.1 Å². The number of H-pyrrole nitrogens is 1. The van der Waals surface area contributed by atoms with Gasteiger partial charge in [0.25, 0.3) is 15.7 Å². The molecule has 0 fully saturated rings. The van der Waals surface area contributed by atoms with Crippen LogP contribution in [-0.4, -0.2) is 45.5 Å². The zero-order chi connectivity index (χ0) is 18.2. The number of hydrogen-bond acceptors (Lipinski definition) is 7. The molecule has 3 rings (SSSR count). The van der Waals surface area contributed by atoms with Crippen molar-refractivity contribution in [1.29, 1.82) is 0 Å². The number of anilines is 2. The topological polar surface area (TPSA) is 95.6 Å². The van der Waals surface area contributed by atoms with Gasteiger partial charge < -0.3 is 4.90 Å². The Morgan fingerprint density at radius 1 is 1.32 bits per heavy atom. The number of hydroxylamine groups is 1. The Balaban J connectivity index is 2.19. The SMILES string of the molecule is CN(C)c1cccc(-c2n[nH]c(=O)c3c2N(OS(C)(=O)=O)CCC3)c1. The molecule has 9 heteroatoms. The number of nitrogens with zero attached hydrogens (tertiary/aromatic N) is 3. The van der Waals surface area contributed by atoms with E-state index in [4.69, 9.17) is 4.28 Å². The molecule has 0 unspecified atom stereocenters. The standard InChI is InChI=1S/C16H20N4O4S/c1-19(2)12-7-4-6-11(10-12)14-15-13(16(21)18-17-14)8-5-9-20(15)24-25(3,22)23/h4,6-7,10H,5,8-9H2,1-3H3,(H,18,21). The summed E-state index contributed by atoms with van der Waals surface area (Å²) >= 11 is 0. The van der Waals surface area contributed by atoms with Crippen LogP contribution in [0.1, 0.15) is 12.0 Å². The molecule has 25 heavy (non-hydrogen) atoms. The first-order valence-corrected chi connectivity index (χ1v) is 9.64. The third-order valence-electron chi connectivity index (χ3n) is 3.95. The van der Waals surface area contributed by atoms with Gasteiger partial charge in [0.2, 0.25) is 0 Å². The maximum Gasteiger partial charge on any atom is 0.285 e. The summed E-state index contributed by atoms with van der Waals surface area (Å²) in [6.45, 7) is 0.367. The highest BCUT2D eigenvalue weighted by atomic mass is 32.2. The van der Waals surface area contributed by atoms with E-state index in [0.717, 1.165) is 17.5 Å². The van der Waals surface area contributed by atoms with Crippen LogP contribution >= 0.6 is 0 Å². The molecule has 134 valence electrons. The van der Waals surface area contributed by atoms with Gasteiger partial charge in [-0.3, -0.25) is 4.79 Å². The van der Waals surface area contributed by atoms with E-state index >= 15 is 0 Å². The first kappa shape index (κ1) is 17.4. The summed E-state index contributed by atoms with van der Waals surface area (Å²) in [5.74, 6) is 0. The van der Waals surface area contributed by atoms with E-state index in [9.17, 15) is 13.2 Å². The molecule has 1 aromatic heterocycles. The Morgan fingerprint density at radius 2 is 2.08 bits per heavy atom. The maximum absolute atomic E-state index is 12.2. The van der Waals surface area contributed by atoms with Crippen LogP contribution in [0, 0.1) is 0 Å². The average molecular weight is 364 g/mol. The maximum atomic E-state index is 12.2. The fourth-order valence-electron chi connectivity index (χ4n) is 2.86. The van der Waals surface area contributed by atoms with Crippen LogP contribution in [0.2, 0.25) is 0 Å². The second-order valence-corrected chi connectivity index (χ2v) is 7.71. The van der Waals surface area contributed by atoms with Gasteiger partial charge in [-0.25, -0.2) is 10.2 Å². The van der Waals surface area contributed by atoms with Crippen molar-refractivity contribution in [2.45, 2.75) is 12.8 Å². The van der Waals surface area contributed by atoms with Crippen molar-refractivity contribution < 1.29 is 12.7 Å². The molecule has 2 heterocycles. The lowest BCUT2D eigenvalue weighted by molar-refractivity contribution is 0.277. The molecule has 0 amide bonds. The van der Waals surface area contributed by atoms with Crippen LogP contribution in [-0.2, 0) is 20.8 Å². The van der Waals surface area contributed by atoms with Crippen molar-refractivity contribution in [3.05, 3.63) is 40.2 Å². The summed E-state index contributed by atoms with van der Waals surface area (Å²) in [5.41, 5.74) is 2.78. The number of rotatable bonds is 4. The van der Waals surface area contributed by atoms with Crippen molar-refractivity contribution >= 4 is 21.5 Å². The van der Waals surface area contributed by atoms with Crippen LogP contribution < -0.4 is 15.5 Å². The molecule has 2 aromatic rings. The minimum absolute atomic E-state index is 0.329. The third-order valence-corrected chi connectivity index (χ3v) is 4.40. The fraction of sp³-hybridized carbons (Fsp3) is 0.375. The highest BCUT2D eigenvalue weighted by Gasteiger charge is 2.28. The van der Waals surface area contributed by atoms with E-state index in [1.54, 1.807) is 0 Å². The van der Waals surface area contributed by atoms with Crippen molar-refractivity contribution in [2.75, 3.05) is 36.9 Å². The molecule has 8 nitrogen and oxygen atoms in total. The van der Waals surface area contributed by atoms with E-state index in [0.29, 0.717) is 36.3 Å². The van der Waals surface area contributed by atoms with Crippen molar-refractivity contribution in [1.82, 2.24) is 10.2 Å². The van der Waals surface area contributed by atoms with Crippen LogP contribution in [0.15, 0.2) is 29.1 Å². The van der Waals surface area contributed by atoms with Gasteiger partial charge in [0.1, 0.15) is 11.4 Å². The average Bonchev–Trinajstić information content (AvgIpc) is 2.54. The number of aromatic amines is 1. The molecular formula is C16H20N4O4S. The zero-order valence-corrected chi connectivity index (χ0v) is 15.1. The molecule has 0 spiro atoms. The predicted molar refractivity (Wildman–Crippen MR) is 96.2 cm³/mol. The summed E-state index contributed by atoms with van der Waals surface area (Å²) in [6, 6.07) is 7.62. The second-order valence-electron chi connectivity index (χ2n) is 6.16. The van der Waals surface area contributed by atoms with Gasteiger partial charge in [-0.05, 0) is 25.0 Å². The molecule has 0 saturated carbocycles. The zero-order valence-electron chi connectivity index (χ0n) is 14.3. The first-order valence-electron chi connectivity index (χ1n) is 7.82. The second kappa shape index (κ2) is 6.49. The molecule has 1 aromatic carbocycles. The van der Waals surface area contributed by atoms with Crippen LogP contribution in [0.3, 0.4) is 0 Å². The monoisotopic (exact) mass is 364 g/mol. The summed E-state index contributed by atoms with van der Waals surface area (Å²) in [4.78, 5) is 14.1. The van der Waals surface area contributed by atoms with Gasteiger partial charge >= 0.3 is 0 Å². The van der Waals surface area contributed by atoms with E-state index in [2.05, 4.69) is 10.2 Å². The van der Waals surface area contributed by atoms with Gasteiger partial charge in [-0.2, -0.15) is 13.5 Å². The Kier molecular flexibility index (Phi) is 4.53. The van der Waals surface area contributed by atoms with Gasteiger partial charge in [0.05, 0.1) is 6.26 Å². The molecule has 0 bridgehead atoms. The molecule has 0 saturated heterocycles. The number of fused-ring (bicyclic) bond motifs is 1. The normalized spacial score (nSPS) is 14.3. The highest BCUT2D eigenvalue weighted by molar-refractivity contribution is 7.86. The molecule has 0 atom stereocenters. The Labute approximate surface area is 146 Å². The van der Waals surface area contributed by atoms with Gasteiger partial charge in [-0.15, -0.1) is 4.28 Å². The van der Waals surface area contributed by atoms with Gasteiger partial charge in [0.15, 0.2) is 0 Å². The van der Waals surface area contributed by atoms with Crippen molar-refractivity contribution in [3.63, 3.8) is 0 Å². The van der Waals surface area contributed by atoms with E-state index in [-0.39, 0.29) is 5.56 Å². The van der Waals surface area contributed by atoms with Crippen LogP contribution in [0.25, 0.3) is 11.3 Å². The summed E-state index contributed by atoms with van der Waals surface area (Å²) < 4.78 is 28.3. The Hall–Kier alpha value is -2.39. The smallest absolute Gasteiger partial charge is 0.285 e. The molecular weight excluding hydrogens is 344 g/mol. The largest absolute Gasteiger partial charge is 0.378 e.